The minimum atomic E-state index is -0.886. The van der Waals surface area contributed by atoms with Crippen molar-refractivity contribution in [3.63, 3.8) is 0 Å². The van der Waals surface area contributed by atoms with E-state index in [0.29, 0.717) is 6.42 Å². The first kappa shape index (κ1) is 16.8. The summed E-state index contributed by atoms with van der Waals surface area (Å²) < 4.78 is 0. The fourth-order valence-corrected chi connectivity index (χ4v) is 2.35. The Morgan fingerprint density at radius 3 is 1.88 bits per heavy atom. The van der Waals surface area contributed by atoms with Crippen LogP contribution in [0.25, 0.3) is 0 Å². The highest BCUT2D eigenvalue weighted by atomic mass is 16.3. The maximum absolute atomic E-state index is 10.1. The molecular formula is C13H28O4. The van der Waals surface area contributed by atoms with Gasteiger partial charge in [-0.05, 0) is 18.3 Å². The van der Waals surface area contributed by atoms with Gasteiger partial charge in [0.05, 0.1) is 18.8 Å². The van der Waals surface area contributed by atoms with Crippen LogP contribution < -0.4 is 0 Å². The van der Waals surface area contributed by atoms with E-state index in [-0.39, 0.29) is 24.5 Å². The maximum Gasteiger partial charge on any atom is 0.0828 e. The van der Waals surface area contributed by atoms with Crippen LogP contribution in [0.3, 0.4) is 0 Å². The predicted octanol–water partition coefficient (Wildman–Crippen LogP) is 0.915. The second kappa shape index (κ2) is 8.03. The molecule has 3 atom stereocenters. The molecule has 0 saturated carbocycles. The molecule has 3 unspecified atom stereocenters. The lowest BCUT2D eigenvalue weighted by Gasteiger charge is -2.37. The molecule has 0 aliphatic heterocycles. The molecule has 0 aromatic carbocycles. The summed E-state index contributed by atoms with van der Waals surface area (Å²) in [6, 6.07) is 0. The molecule has 4 N–H and O–H groups in total. The normalized spacial score (nSPS) is 17.8. The second-order valence-corrected chi connectivity index (χ2v) is 5.78. The summed E-state index contributed by atoms with van der Waals surface area (Å²) in [6.45, 7) is 5.71. The Morgan fingerprint density at radius 1 is 0.882 bits per heavy atom. The number of unbranched alkanes of at least 4 members (excludes halogenated alkanes) is 2. The quantitative estimate of drug-likeness (QED) is 0.481. The van der Waals surface area contributed by atoms with Crippen LogP contribution in [0.1, 0.15) is 46.5 Å². The average Bonchev–Trinajstić information content (AvgIpc) is 2.22. The summed E-state index contributed by atoms with van der Waals surface area (Å²) in [5.74, 6) is -0.332. The van der Waals surface area contributed by atoms with Crippen molar-refractivity contribution in [1.29, 1.82) is 0 Å². The molecule has 0 aliphatic rings. The number of aliphatic hydroxyl groups excluding tert-OH is 4. The Bertz CT molecular complexity index is 188. The third-order valence-electron chi connectivity index (χ3n) is 3.17. The first-order chi connectivity index (χ1) is 7.84. The minimum Gasteiger partial charge on any atom is -0.396 e. The van der Waals surface area contributed by atoms with Crippen LogP contribution in [0.4, 0.5) is 0 Å². The molecule has 0 radical (unpaired) electrons. The Kier molecular flexibility index (Phi) is 7.96. The molecule has 0 bridgehead atoms. The third-order valence-corrected chi connectivity index (χ3v) is 3.17. The molecule has 0 aliphatic carbocycles. The zero-order valence-electron chi connectivity index (χ0n) is 11.3. The molecule has 0 fully saturated rings. The molecule has 0 aromatic rings. The van der Waals surface area contributed by atoms with Crippen molar-refractivity contribution in [2.24, 2.45) is 11.3 Å². The van der Waals surface area contributed by atoms with Crippen molar-refractivity contribution >= 4 is 0 Å². The van der Waals surface area contributed by atoms with E-state index in [4.69, 9.17) is 10.2 Å². The number of hydrogen-bond acceptors (Lipinski definition) is 4. The van der Waals surface area contributed by atoms with Crippen molar-refractivity contribution in [3.05, 3.63) is 0 Å². The van der Waals surface area contributed by atoms with Gasteiger partial charge in [-0.25, -0.2) is 0 Å². The SMILES string of the molecule is CC(C)(C)C(C(O)CO)C(O)CCCCCO. The van der Waals surface area contributed by atoms with Crippen LogP contribution in [0, 0.1) is 11.3 Å². The standard InChI is InChI=1S/C13H28O4/c1-13(2,3)12(11(17)9-15)10(16)7-5-4-6-8-14/h10-12,14-17H,4-9H2,1-3H3. The first-order valence-corrected chi connectivity index (χ1v) is 6.42. The van der Waals surface area contributed by atoms with E-state index in [9.17, 15) is 10.2 Å². The van der Waals surface area contributed by atoms with Crippen LogP contribution >= 0.6 is 0 Å². The van der Waals surface area contributed by atoms with Gasteiger partial charge in [0.15, 0.2) is 0 Å². The van der Waals surface area contributed by atoms with E-state index in [2.05, 4.69) is 0 Å². The van der Waals surface area contributed by atoms with Crippen LogP contribution in [-0.4, -0.2) is 45.8 Å². The van der Waals surface area contributed by atoms with Gasteiger partial charge in [-0.3, -0.25) is 0 Å². The fraction of sp³-hybridized carbons (Fsp3) is 1.00. The van der Waals surface area contributed by atoms with E-state index >= 15 is 0 Å². The van der Waals surface area contributed by atoms with Crippen molar-refractivity contribution in [2.75, 3.05) is 13.2 Å². The maximum atomic E-state index is 10.1. The minimum absolute atomic E-state index is 0.179. The average molecular weight is 248 g/mol. The van der Waals surface area contributed by atoms with Crippen LogP contribution in [-0.2, 0) is 0 Å². The van der Waals surface area contributed by atoms with E-state index in [0.717, 1.165) is 19.3 Å². The largest absolute Gasteiger partial charge is 0.396 e. The third kappa shape index (κ3) is 6.36. The van der Waals surface area contributed by atoms with Gasteiger partial charge >= 0.3 is 0 Å². The Balaban J connectivity index is 4.29. The van der Waals surface area contributed by atoms with Crippen molar-refractivity contribution in [3.8, 4) is 0 Å². The fourth-order valence-electron chi connectivity index (χ4n) is 2.35. The van der Waals surface area contributed by atoms with Gasteiger partial charge in [0, 0.05) is 12.5 Å². The van der Waals surface area contributed by atoms with Crippen molar-refractivity contribution in [1.82, 2.24) is 0 Å². The number of rotatable bonds is 8. The topological polar surface area (TPSA) is 80.9 Å². The lowest BCUT2D eigenvalue weighted by molar-refractivity contribution is -0.0667. The molecule has 0 amide bonds. The second-order valence-electron chi connectivity index (χ2n) is 5.78. The van der Waals surface area contributed by atoms with Gasteiger partial charge in [-0.15, -0.1) is 0 Å². The molecule has 0 spiro atoms. The van der Waals surface area contributed by atoms with E-state index in [1.807, 2.05) is 20.8 Å². The molecule has 17 heavy (non-hydrogen) atoms. The summed E-state index contributed by atoms with van der Waals surface area (Å²) in [6.07, 6.45) is 1.54. The van der Waals surface area contributed by atoms with Crippen LogP contribution in [0.15, 0.2) is 0 Å². The first-order valence-electron chi connectivity index (χ1n) is 6.42. The highest BCUT2D eigenvalue weighted by molar-refractivity contribution is 4.85. The summed E-state index contributed by atoms with van der Waals surface area (Å²) in [4.78, 5) is 0. The number of hydrogen-bond donors (Lipinski definition) is 4. The molecular weight excluding hydrogens is 220 g/mol. The van der Waals surface area contributed by atoms with Gasteiger partial charge in [-0.2, -0.15) is 0 Å². The smallest absolute Gasteiger partial charge is 0.0828 e. The molecule has 4 nitrogen and oxygen atoms in total. The van der Waals surface area contributed by atoms with E-state index in [1.54, 1.807) is 0 Å². The molecule has 0 rings (SSSR count). The summed E-state index contributed by atoms with van der Waals surface area (Å²) >= 11 is 0. The van der Waals surface area contributed by atoms with Gasteiger partial charge < -0.3 is 20.4 Å². The van der Waals surface area contributed by atoms with Crippen molar-refractivity contribution in [2.45, 2.75) is 58.7 Å². The Labute approximate surface area is 104 Å². The summed E-state index contributed by atoms with van der Waals surface area (Å²) in [7, 11) is 0. The summed E-state index contributed by atoms with van der Waals surface area (Å²) in [5, 5.41) is 37.6. The van der Waals surface area contributed by atoms with Crippen molar-refractivity contribution < 1.29 is 20.4 Å². The monoisotopic (exact) mass is 248 g/mol. The molecule has 0 saturated heterocycles. The van der Waals surface area contributed by atoms with Crippen LogP contribution in [0.2, 0.25) is 0 Å². The highest BCUT2D eigenvalue weighted by Gasteiger charge is 2.36. The van der Waals surface area contributed by atoms with Crippen LogP contribution in [0.5, 0.6) is 0 Å². The predicted molar refractivity (Wildman–Crippen MR) is 67.6 cm³/mol. The Hall–Kier alpha value is -0.160. The Morgan fingerprint density at radius 2 is 1.47 bits per heavy atom. The summed E-state index contributed by atoms with van der Waals surface area (Å²) in [5.41, 5.74) is -0.251. The zero-order chi connectivity index (χ0) is 13.5. The van der Waals surface area contributed by atoms with Gasteiger partial charge in [-0.1, -0.05) is 33.6 Å². The molecule has 0 heterocycles. The van der Waals surface area contributed by atoms with Gasteiger partial charge in [0.25, 0.3) is 0 Å². The zero-order valence-corrected chi connectivity index (χ0v) is 11.3. The lowest BCUT2D eigenvalue weighted by atomic mass is 9.73. The number of aliphatic hydroxyl groups is 4. The lowest BCUT2D eigenvalue weighted by Crippen LogP contribution is -2.42. The van der Waals surface area contributed by atoms with Gasteiger partial charge in [0.2, 0.25) is 0 Å². The van der Waals surface area contributed by atoms with E-state index in [1.165, 1.54) is 0 Å². The van der Waals surface area contributed by atoms with Gasteiger partial charge in [0.1, 0.15) is 0 Å². The molecule has 4 heteroatoms. The molecule has 0 aromatic heterocycles. The molecule has 104 valence electrons. The highest BCUT2D eigenvalue weighted by Crippen LogP contribution is 2.33. The van der Waals surface area contributed by atoms with E-state index < -0.39 is 12.2 Å².